The maximum atomic E-state index is 12.6. The van der Waals surface area contributed by atoms with Crippen molar-refractivity contribution in [1.82, 2.24) is 9.78 Å². The van der Waals surface area contributed by atoms with Crippen LogP contribution in [0.5, 0.6) is 5.75 Å². The number of aryl methyl sites for hydroxylation is 1. The highest BCUT2D eigenvalue weighted by Crippen LogP contribution is 2.22. The van der Waals surface area contributed by atoms with Gasteiger partial charge in [0.2, 0.25) is 5.78 Å². The number of ketones is 1. The van der Waals surface area contributed by atoms with Crippen molar-refractivity contribution in [2.24, 2.45) is 12.8 Å². The first-order valence-electron chi connectivity index (χ1n) is 6.07. The van der Waals surface area contributed by atoms with E-state index in [-0.39, 0.29) is 5.78 Å². The number of hydrogen-bond donors (Lipinski definition) is 1. The molecule has 0 spiro atoms. The Morgan fingerprint density at radius 1 is 1.42 bits per heavy atom. The molecule has 2 N–H and O–H groups in total. The number of ether oxygens (including phenoxy) is 1. The van der Waals surface area contributed by atoms with Gasteiger partial charge in [0, 0.05) is 12.6 Å². The highest BCUT2D eigenvalue weighted by molar-refractivity contribution is 6.10. The van der Waals surface area contributed by atoms with Crippen molar-refractivity contribution in [3.05, 3.63) is 47.3 Å². The van der Waals surface area contributed by atoms with Crippen molar-refractivity contribution in [3.8, 4) is 5.75 Å². The van der Waals surface area contributed by atoms with Gasteiger partial charge in [0.25, 0.3) is 0 Å². The Hall–Kier alpha value is -2.14. The van der Waals surface area contributed by atoms with E-state index in [1.165, 1.54) is 11.8 Å². The molecule has 0 unspecified atom stereocenters. The minimum atomic E-state index is -0.0964. The molecule has 2 aromatic rings. The molecular weight excluding hydrogens is 242 g/mol. The smallest absolute Gasteiger partial charge is 0.215 e. The van der Waals surface area contributed by atoms with Crippen molar-refractivity contribution < 1.29 is 9.53 Å². The third-order valence-corrected chi connectivity index (χ3v) is 3.02. The Bertz CT molecular complexity index is 590. The number of methoxy groups -OCH3 is 1. The minimum Gasteiger partial charge on any atom is -0.493 e. The van der Waals surface area contributed by atoms with E-state index in [0.717, 1.165) is 5.56 Å². The molecule has 1 heterocycles. The largest absolute Gasteiger partial charge is 0.493 e. The summed E-state index contributed by atoms with van der Waals surface area (Å²) in [5, 5.41) is 4.06. The normalized spacial score (nSPS) is 10.5. The van der Waals surface area contributed by atoms with Crippen LogP contribution in [0.1, 0.15) is 21.6 Å². The van der Waals surface area contributed by atoms with E-state index in [0.29, 0.717) is 30.0 Å². The third kappa shape index (κ3) is 2.51. The molecule has 0 radical (unpaired) electrons. The first-order chi connectivity index (χ1) is 9.19. The van der Waals surface area contributed by atoms with Gasteiger partial charge >= 0.3 is 0 Å². The van der Waals surface area contributed by atoms with Crippen molar-refractivity contribution in [2.45, 2.75) is 6.42 Å². The van der Waals surface area contributed by atoms with E-state index in [4.69, 9.17) is 10.5 Å². The second kappa shape index (κ2) is 5.67. The van der Waals surface area contributed by atoms with Crippen molar-refractivity contribution in [3.63, 3.8) is 0 Å². The first kappa shape index (κ1) is 13.3. The molecule has 1 aromatic carbocycles. The van der Waals surface area contributed by atoms with E-state index in [1.54, 1.807) is 19.3 Å². The molecule has 0 atom stereocenters. The molecule has 0 aliphatic rings. The molecule has 0 aliphatic heterocycles. The summed E-state index contributed by atoms with van der Waals surface area (Å²) >= 11 is 0. The summed E-state index contributed by atoms with van der Waals surface area (Å²) in [5.41, 5.74) is 7.62. The summed E-state index contributed by atoms with van der Waals surface area (Å²) in [7, 11) is 3.25. The zero-order chi connectivity index (χ0) is 13.8. The number of carbonyl (C=O) groups excluding carboxylic acids is 1. The van der Waals surface area contributed by atoms with Crippen molar-refractivity contribution in [1.29, 1.82) is 0 Å². The minimum absolute atomic E-state index is 0.0964. The number of rotatable bonds is 5. The number of benzene rings is 1. The molecule has 2 rings (SSSR count). The van der Waals surface area contributed by atoms with Gasteiger partial charge in [0.05, 0.1) is 13.3 Å². The number of carbonyl (C=O) groups is 1. The van der Waals surface area contributed by atoms with E-state index in [2.05, 4.69) is 5.10 Å². The van der Waals surface area contributed by atoms with Crippen LogP contribution in [0.2, 0.25) is 0 Å². The van der Waals surface area contributed by atoms with E-state index in [9.17, 15) is 4.79 Å². The fraction of sp³-hybridized carbons (Fsp3) is 0.286. The molecule has 0 saturated carbocycles. The van der Waals surface area contributed by atoms with Gasteiger partial charge in [0.1, 0.15) is 0 Å². The predicted molar refractivity (Wildman–Crippen MR) is 72.4 cm³/mol. The SMILES string of the molecule is COc1cnn(C)c1C(=O)c1ccccc1CCN. The average molecular weight is 259 g/mol. The molecular formula is C14H17N3O2. The standard InChI is InChI=1S/C14H17N3O2/c1-17-13(12(19-2)9-16-17)14(18)11-6-4-3-5-10(11)7-8-15/h3-6,9H,7-8,15H2,1-2H3. The van der Waals surface area contributed by atoms with Crippen LogP contribution in [-0.4, -0.2) is 29.2 Å². The average Bonchev–Trinajstić information content (AvgIpc) is 2.80. The van der Waals surface area contributed by atoms with Crippen LogP contribution in [0.25, 0.3) is 0 Å². The fourth-order valence-electron chi connectivity index (χ4n) is 2.07. The molecule has 5 nitrogen and oxygen atoms in total. The van der Waals surface area contributed by atoms with Gasteiger partial charge in [-0.3, -0.25) is 9.48 Å². The molecule has 0 bridgehead atoms. The zero-order valence-electron chi connectivity index (χ0n) is 11.1. The predicted octanol–water partition coefficient (Wildman–Crippen LogP) is 1.16. The van der Waals surface area contributed by atoms with Crippen LogP contribution in [0.15, 0.2) is 30.5 Å². The van der Waals surface area contributed by atoms with E-state index < -0.39 is 0 Å². The van der Waals surface area contributed by atoms with Crippen LogP contribution >= 0.6 is 0 Å². The highest BCUT2D eigenvalue weighted by atomic mass is 16.5. The van der Waals surface area contributed by atoms with Crippen LogP contribution < -0.4 is 10.5 Å². The molecule has 1 aromatic heterocycles. The molecule has 100 valence electrons. The molecule has 0 saturated heterocycles. The summed E-state index contributed by atoms with van der Waals surface area (Å²) in [5.74, 6) is 0.385. The summed E-state index contributed by atoms with van der Waals surface area (Å²) < 4.78 is 6.71. The number of nitrogens with two attached hydrogens (primary N) is 1. The maximum absolute atomic E-state index is 12.6. The molecule has 0 amide bonds. The number of hydrogen-bond acceptors (Lipinski definition) is 4. The number of aromatic nitrogens is 2. The van der Waals surface area contributed by atoms with Crippen LogP contribution in [-0.2, 0) is 13.5 Å². The van der Waals surface area contributed by atoms with Gasteiger partial charge in [-0.1, -0.05) is 24.3 Å². The summed E-state index contributed by atoms with van der Waals surface area (Å²) in [4.78, 5) is 12.6. The lowest BCUT2D eigenvalue weighted by Crippen LogP contribution is -2.13. The van der Waals surface area contributed by atoms with Gasteiger partial charge in [-0.2, -0.15) is 5.10 Å². The van der Waals surface area contributed by atoms with E-state index in [1.807, 2.05) is 18.2 Å². The second-order valence-electron chi connectivity index (χ2n) is 4.21. The van der Waals surface area contributed by atoms with Gasteiger partial charge in [-0.15, -0.1) is 0 Å². The lowest BCUT2D eigenvalue weighted by molar-refractivity contribution is 0.102. The van der Waals surface area contributed by atoms with Gasteiger partial charge < -0.3 is 10.5 Å². The zero-order valence-corrected chi connectivity index (χ0v) is 11.1. The second-order valence-corrected chi connectivity index (χ2v) is 4.21. The monoisotopic (exact) mass is 259 g/mol. The Morgan fingerprint density at radius 3 is 2.84 bits per heavy atom. The van der Waals surface area contributed by atoms with Crippen LogP contribution in [0, 0.1) is 0 Å². The quantitative estimate of drug-likeness (QED) is 0.818. The molecule has 5 heteroatoms. The molecule has 0 fully saturated rings. The Labute approximate surface area is 112 Å². The molecule has 0 aliphatic carbocycles. The van der Waals surface area contributed by atoms with Gasteiger partial charge in [-0.05, 0) is 18.5 Å². The third-order valence-electron chi connectivity index (χ3n) is 3.02. The summed E-state index contributed by atoms with van der Waals surface area (Å²) in [6.07, 6.45) is 2.21. The lowest BCUT2D eigenvalue weighted by Gasteiger charge is -2.09. The Kier molecular flexibility index (Phi) is 3.97. The van der Waals surface area contributed by atoms with Gasteiger partial charge in [-0.25, -0.2) is 0 Å². The van der Waals surface area contributed by atoms with Crippen LogP contribution in [0.3, 0.4) is 0 Å². The maximum Gasteiger partial charge on any atom is 0.215 e. The Balaban J connectivity index is 2.47. The summed E-state index contributed by atoms with van der Waals surface area (Å²) in [6, 6.07) is 7.47. The van der Waals surface area contributed by atoms with E-state index >= 15 is 0 Å². The summed E-state index contributed by atoms with van der Waals surface area (Å²) in [6.45, 7) is 0.507. The fourth-order valence-corrected chi connectivity index (χ4v) is 2.07. The van der Waals surface area contributed by atoms with Crippen LogP contribution in [0.4, 0.5) is 0 Å². The highest BCUT2D eigenvalue weighted by Gasteiger charge is 2.21. The Morgan fingerprint density at radius 2 is 2.16 bits per heavy atom. The number of nitrogens with zero attached hydrogens (tertiary/aromatic N) is 2. The van der Waals surface area contributed by atoms with Crippen molar-refractivity contribution in [2.75, 3.05) is 13.7 Å². The van der Waals surface area contributed by atoms with Crippen molar-refractivity contribution >= 4 is 5.78 Å². The van der Waals surface area contributed by atoms with Gasteiger partial charge in [0.15, 0.2) is 11.4 Å². The topological polar surface area (TPSA) is 70.1 Å². The first-order valence-corrected chi connectivity index (χ1v) is 6.07. The lowest BCUT2D eigenvalue weighted by atomic mass is 9.99. The molecule has 19 heavy (non-hydrogen) atoms.